The molecular formula is C12H21NO3. The van der Waals surface area contributed by atoms with Gasteiger partial charge in [-0.2, -0.15) is 0 Å². The van der Waals surface area contributed by atoms with E-state index in [1.54, 1.807) is 20.8 Å². The van der Waals surface area contributed by atoms with E-state index in [0.717, 1.165) is 10.5 Å². The highest BCUT2D eigenvalue weighted by atomic mass is 16.6. The van der Waals surface area contributed by atoms with Crippen LogP contribution in [-0.4, -0.2) is 29.5 Å². The van der Waals surface area contributed by atoms with Gasteiger partial charge < -0.3 is 4.74 Å². The van der Waals surface area contributed by atoms with Crippen LogP contribution in [0.15, 0.2) is 12.2 Å². The number of hydrogen-bond donors (Lipinski definition) is 0. The van der Waals surface area contributed by atoms with Crippen molar-refractivity contribution in [3.63, 3.8) is 0 Å². The van der Waals surface area contributed by atoms with Crippen LogP contribution in [0.2, 0.25) is 0 Å². The fourth-order valence-corrected chi connectivity index (χ4v) is 0.932. The highest BCUT2D eigenvalue weighted by Gasteiger charge is 2.23. The molecule has 2 amide bonds. The Morgan fingerprint density at radius 2 is 2.00 bits per heavy atom. The molecule has 0 aliphatic rings. The molecule has 16 heavy (non-hydrogen) atoms. The third-order valence-corrected chi connectivity index (χ3v) is 2.07. The van der Waals surface area contributed by atoms with Crippen LogP contribution in [0.25, 0.3) is 0 Å². The minimum Gasteiger partial charge on any atom is -0.443 e. The van der Waals surface area contributed by atoms with Gasteiger partial charge in [0.2, 0.25) is 6.41 Å². The number of ether oxygens (including phenoxy) is 1. The van der Waals surface area contributed by atoms with E-state index < -0.39 is 11.7 Å². The summed E-state index contributed by atoms with van der Waals surface area (Å²) in [5.41, 5.74) is 0.334. The van der Waals surface area contributed by atoms with Gasteiger partial charge in [0.25, 0.3) is 0 Å². The maximum absolute atomic E-state index is 11.6. The van der Waals surface area contributed by atoms with E-state index in [0.29, 0.717) is 13.0 Å². The first-order chi connectivity index (χ1) is 7.17. The fraction of sp³-hybridized carbons (Fsp3) is 0.667. The van der Waals surface area contributed by atoms with Crippen LogP contribution in [0.4, 0.5) is 4.79 Å². The van der Waals surface area contributed by atoms with Gasteiger partial charge in [-0.3, -0.25) is 4.79 Å². The van der Waals surface area contributed by atoms with Crippen molar-refractivity contribution in [1.82, 2.24) is 4.90 Å². The molecule has 0 spiro atoms. The highest BCUT2D eigenvalue weighted by Crippen LogP contribution is 2.12. The second-order valence-electron chi connectivity index (χ2n) is 4.99. The van der Waals surface area contributed by atoms with Crippen molar-refractivity contribution >= 4 is 12.5 Å². The fourth-order valence-electron chi connectivity index (χ4n) is 0.932. The van der Waals surface area contributed by atoms with Crippen molar-refractivity contribution in [2.24, 2.45) is 5.92 Å². The molecule has 0 N–H and O–H groups in total. The molecule has 0 aromatic rings. The lowest BCUT2D eigenvalue weighted by Crippen LogP contribution is -2.38. The predicted octanol–water partition coefficient (Wildman–Crippen LogP) is 2.59. The van der Waals surface area contributed by atoms with Crippen LogP contribution in [0.1, 0.15) is 34.6 Å². The second kappa shape index (κ2) is 5.68. The van der Waals surface area contributed by atoms with Crippen LogP contribution in [-0.2, 0) is 9.53 Å². The van der Waals surface area contributed by atoms with E-state index in [1.165, 1.54) is 0 Å². The normalized spacial score (nSPS) is 12.8. The predicted molar refractivity (Wildman–Crippen MR) is 63.0 cm³/mol. The van der Waals surface area contributed by atoms with E-state index in [9.17, 15) is 9.59 Å². The van der Waals surface area contributed by atoms with Crippen molar-refractivity contribution < 1.29 is 14.3 Å². The molecule has 0 bridgehead atoms. The average Bonchev–Trinajstić information content (AvgIpc) is 2.10. The molecule has 4 nitrogen and oxygen atoms in total. The zero-order valence-corrected chi connectivity index (χ0v) is 10.7. The molecule has 0 heterocycles. The topological polar surface area (TPSA) is 46.6 Å². The van der Waals surface area contributed by atoms with Crippen molar-refractivity contribution in [3.05, 3.63) is 12.2 Å². The molecule has 0 saturated carbocycles. The molecule has 0 unspecified atom stereocenters. The van der Waals surface area contributed by atoms with E-state index in [-0.39, 0.29) is 5.92 Å². The number of hydrogen-bond acceptors (Lipinski definition) is 3. The van der Waals surface area contributed by atoms with Gasteiger partial charge in [-0.05, 0) is 33.6 Å². The Bertz CT molecular complexity index is 278. The number of amides is 2. The largest absolute Gasteiger partial charge is 0.443 e. The molecular weight excluding hydrogens is 206 g/mol. The van der Waals surface area contributed by atoms with Gasteiger partial charge in [0, 0.05) is 6.54 Å². The molecule has 0 rings (SSSR count). The van der Waals surface area contributed by atoms with Crippen LogP contribution in [0.3, 0.4) is 0 Å². The minimum absolute atomic E-state index is 0.0673. The molecule has 1 atom stereocenters. The quantitative estimate of drug-likeness (QED) is 0.548. The Hall–Kier alpha value is -1.32. The Balaban J connectivity index is 4.45. The monoisotopic (exact) mass is 227 g/mol. The molecule has 0 fully saturated rings. The first-order valence-corrected chi connectivity index (χ1v) is 5.27. The summed E-state index contributed by atoms with van der Waals surface area (Å²) in [7, 11) is 0. The Kier molecular flexibility index (Phi) is 5.21. The smallest absolute Gasteiger partial charge is 0.416 e. The zero-order chi connectivity index (χ0) is 12.9. The van der Waals surface area contributed by atoms with Gasteiger partial charge in [-0.1, -0.05) is 19.1 Å². The summed E-state index contributed by atoms with van der Waals surface area (Å²) in [6.45, 7) is 13.1. The summed E-state index contributed by atoms with van der Waals surface area (Å²) >= 11 is 0. The Morgan fingerprint density at radius 1 is 1.50 bits per heavy atom. The number of nitrogens with zero attached hydrogens (tertiary/aromatic N) is 1. The van der Waals surface area contributed by atoms with Gasteiger partial charge in [0.05, 0.1) is 0 Å². The van der Waals surface area contributed by atoms with Gasteiger partial charge in [0.1, 0.15) is 5.60 Å². The lowest BCUT2D eigenvalue weighted by Gasteiger charge is -2.25. The molecule has 0 aliphatic heterocycles. The summed E-state index contributed by atoms with van der Waals surface area (Å²) in [4.78, 5) is 23.4. The maximum atomic E-state index is 11.6. The van der Waals surface area contributed by atoms with Crippen LogP contribution < -0.4 is 0 Å². The van der Waals surface area contributed by atoms with Gasteiger partial charge in [-0.15, -0.1) is 0 Å². The summed E-state index contributed by atoms with van der Waals surface area (Å²) < 4.78 is 5.10. The second-order valence-corrected chi connectivity index (χ2v) is 4.99. The van der Waals surface area contributed by atoms with Crippen molar-refractivity contribution in [3.8, 4) is 0 Å². The molecule has 0 saturated heterocycles. The van der Waals surface area contributed by atoms with E-state index >= 15 is 0 Å². The third-order valence-electron chi connectivity index (χ3n) is 2.07. The molecule has 0 radical (unpaired) electrons. The number of carbonyl (C=O) groups excluding carboxylic acids is 2. The third kappa shape index (κ3) is 5.53. The lowest BCUT2D eigenvalue weighted by molar-refractivity contribution is -0.117. The molecule has 4 heteroatoms. The van der Waals surface area contributed by atoms with Gasteiger partial charge >= 0.3 is 6.09 Å². The van der Waals surface area contributed by atoms with E-state index in [2.05, 4.69) is 6.58 Å². The number of carbonyl (C=O) groups is 2. The van der Waals surface area contributed by atoms with E-state index in [4.69, 9.17) is 4.74 Å². The minimum atomic E-state index is -0.615. The van der Waals surface area contributed by atoms with Gasteiger partial charge in [0.15, 0.2) is 0 Å². The maximum Gasteiger partial charge on any atom is 0.416 e. The average molecular weight is 227 g/mol. The van der Waals surface area contributed by atoms with Crippen LogP contribution >= 0.6 is 0 Å². The lowest BCUT2D eigenvalue weighted by atomic mass is 10.0. The molecule has 0 aliphatic carbocycles. The number of imide groups is 1. The summed E-state index contributed by atoms with van der Waals surface area (Å²) in [5, 5.41) is 0. The zero-order valence-electron chi connectivity index (χ0n) is 10.7. The Labute approximate surface area is 97.3 Å². The van der Waals surface area contributed by atoms with Crippen molar-refractivity contribution in [1.29, 1.82) is 0 Å². The van der Waals surface area contributed by atoms with E-state index in [1.807, 2.05) is 13.8 Å². The van der Waals surface area contributed by atoms with Crippen molar-refractivity contribution in [2.75, 3.05) is 6.54 Å². The number of rotatable bonds is 4. The summed E-state index contributed by atoms with van der Waals surface area (Å²) in [6, 6.07) is 0. The molecule has 0 aromatic carbocycles. The standard InChI is InChI=1S/C12H21NO3/c1-9(2)10(3)7-13(8-14)11(15)16-12(4,5)6/h8,10H,1,7H2,2-6H3/t10-/m0/s1. The summed E-state index contributed by atoms with van der Waals surface area (Å²) in [6.07, 6.45) is -0.122. The first-order valence-electron chi connectivity index (χ1n) is 5.27. The first kappa shape index (κ1) is 14.7. The molecule has 92 valence electrons. The highest BCUT2D eigenvalue weighted by molar-refractivity contribution is 5.80. The van der Waals surface area contributed by atoms with Crippen LogP contribution in [0, 0.1) is 5.92 Å². The Morgan fingerprint density at radius 3 is 2.31 bits per heavy atom. The van der Waals surface area contributed by atoms with Crippen LogP contribution in [0.5, 0.6) is 0 Å². The summed E-state index contributed by atoms with van der Waals surface area (Å²) in [5.74, 6) is 0.0673. The van der Waals surface area contributed by atoms with Gasteiger partial charge in [-0.25, -0.2) is 9.69 Å². The SMILES string of the molecule is C=C(C)[C@@H](C)CN(C=O)C(=O)OC(C)(C)C. The molecule has 0 aromatic heterocycles. The van der Waals surface area contributed by atoms with Crippen molar-refractivity contribution in [2.45, 2.75) is 40.2 Å².